The zero-order chi connectivity index (χ0) is 10.7. The van der Waals surface area contributed by atoms with Crippen molar-refractivity contribution in [2.75, 3.05) is 7.11 Å². The molecule has 5 nitrogen and oxygen atoms in total. The number of hydrogen-bond acceptors (Lipinski definition) is 4. The minimum atomic E-state index is 0.378. The maximum atomic E-state index is 5.85. The average molecular weight is 225 g/mol. The molecule has 0 spiro atoms. The number of H-pyrrole nitrogens is 1. The minimum absolute atomic E-state index is 0.378. The van der Waals surface area contributed by atoms with Crippen LogP contribution in [0.5, 0.6) is 0 Å². The summed E-state index contributed by atoms with van der Waals surface area (Å²) >= 11 is 5.85. The molecule has 78 valence electrons. The standard InChI is InChI=1S/C9H9ClN4O/c1-15-5-6-4-7(10)14-9(13-6)8-11-2-3-12-8/h2-4H,5H2,1H3,(H,11,12). The number of hydrogen-bond donors (Lipinski definition) is 1. The van der Waals surface area contributed by atoms with E-state index in [0.29, 0.717) is 23.4 Å². The molecule has 0 radical (unpaired) electrons. The van der Waals surface area contributed by atoms with Crippen molar-refractivity contribution in [2.45, 2.75) is 6.61 Å². The summed E-state index contributed by atoms with van der Waals surface area (Å²) in [6.07, 6.45) is 3.34. The zero-order valence-corrected chi connectivity index (χ0v) is 8.82. The van der Waals surface area contributed by atoms with Crippen LogP contribution in [0.3, 0.4) is 0 Å². The Balaban J connectivity index is 2.40. The Kier molecular flexibility index (Phi) is 2.94. The van der Waals surface area contributed by atoms with Crippen molar-refractivity contribution >= 4 is 11.6 Å². The van der Waals surface area contributed by atoms with Gasteiger partial charge in [0.05, 0.1) is 12.3 Å². The van der Waals surface area contributed by atoms with E-state index in [0.717, 1.165) is 5.69 Å². The molecular formula is C9H9ClN4O. The third-order valence-corrected chi connectivity index (χ3v) is 1.94. The van der Waals surface area contributed by atoms with Crippen LogP contribution >= 0.6 is 11.6 Å². The molecule has 2 heterocycles. The van der Waals surface area contributed by atoms with Gasteiger partial charge in [-0.3, -0.25) is 0 Å². The first-order chi connectivity index (χ1) is 7.29. The number of rotatable bonds is 3. The lowest BCUT2D eigenvalue weighted by Crippen LogP contribution is -1.98. The van der Waals surface area contributed by atoms with Crippen LogP contribution in [0.4, 0.5) is 0 Å². The second-order valence-corrected chi connectivity index (χ2v) is 3.26. The Morgan fingerprint density at radius 2 is 2.33 bits per heavy atom. The van der Waals surface area contributed by atoms with Crippen molar-refractivity contribution in [3.05, 3.63) is 29.3 Å². The topological polar surface area (TPSA) is 63.7 Å². The lowest BCUT2D eigenvalue weighted by molar-refractivity contribution is 0.181. The molecule has 0 aliphatic rings. The number of methoxy groups -OCH3 is 1. The van der Waals surface area contributed by atoms with Crippen LogP contribution in [0.15, 0.2) is 18.5 Å². The van der Waals surface area contributed by atoms with Crippen molar-refractivity contribution < 1.29 is 4.74 Å². The van der Waals surface area contributed by atoms with Gasteiger partial charge in [-0.05, 0) is 6.07 Å². The van der Waals surface area contributed by atoms with E-state index >= 15 is 0 Å². The van der Waals surface area contributed by atoms with Gasteiger partial charge in [-0.15, -0.1) is 0 Å². The van der Waals surface area contributed by atoms with Gasteiger partial charge >= 0.3 is 0 Å². The van der Waals surface area contributed by atoms with E-state index in [4.69, 9.17) is 16.3 Å². The van der Waals surface area contributed by atoms with Gasteiger partial charge in [0.15, 0.2) is 11.6 Å². The predicted molar refractivity (Wildman–Crippen MR) is 55.3 cm³/mol. The van der Waals surface area contributed by atoms with Gasteiger partial charge in [-0.2, -0.15) is 0 Å². The number of halogens is 1. The van der Waals surface area contributed by atoms with Crippen LogP contribution in [0, 0.1) is 0 Å². The maximum Gasteiger partial charge on any atom is 0.197 e. The minimum Gasteiger partial charge on any atom is -0.378 e. The third kappa shape index (κ3) is 2.31. The Labute approximate surface area is 91.5 Å². The molecule has 2 rings (SSSR count). The first-order valence-corrected chi connectivity index (χ1v) is 4.69. The van der Waals surface area contributed by atoms with Crippen molar-refractivity contribution in [1.29, 1.82) is 0 Å². The fraction of sp³-hybridized carbons (Fsp3) is 0.222. The van der Waals surface area contributed by atoms with E-state index in [1.54, 1.807) is 25.6 Å². The Bertz CT molecular complexity index is 443. The maximum absolute atomic E-state index is 5.85. The fourth-order valence-corrected chi connectivity index (χ4v) is 1.39. The van der Waals surface area contributed by atoms with Gasteiger partial charge in [0.1, 0.15) is 5.15 Å². The molecule has 0 unspecified atom stereocenters. The van der Waals surface area contributed by atoms with E-state index in [2.05, 4.69) is 19.9 Å². The highest BCUT2D eigenvalue weighted by atomic mass is 35.5. The molecule has 0 fully saturated rings. The number of ether oxygens (including phenoxy) is 1. The highest BCUT2D eigenvalue weighted by molar-refractivity contribution is 6.29. The van der Waals surface area contributed by atoms with Crippen molar-refractivity contribution in [1.82, 2.24) is 19.9 Å². The van der Waals surface area contributed by atoms with Crippen molar-refractivity contribution in [3.63, 3.8) is 0 Å². The van der Waals surface area contributed by atoms with Gasteiger partial charge in [-0.1, -0.05) is 11.6 Å². The van der Waals surface area contributed by atoms with Crippen molar-refractivity contribution in [2.24, 2.45) is 0 Å². The number of nitrogens with one attached hydrogen (secondary N) is 1. The molecule has 0 aromatic carbocycles. The van der Waals surface area contributed by atoms with Gasteiger partial charge in [0, 0.05) is 19.5 Å². The molecule has 6 heteroatoms. The summed E-state index contributed by atoms with van der Waals surface area (Å²) < 4.78 is 4.98. The highest BCUT2D eigenvalue weighted by Gasteiger charge is 2.07. The van der Waals surface area contributed by atoms with Crippen LogP contribution in [0.2, 0.25) is 5.15 Å². The van der Waals surface area contributed by atoms with Crippen LogP contribution in [-0.4, -0.2) is 27.0 Å². The molecule has 0 saturated carbocycles. The number of aromatic nitrogens is 4. The largest absolute Gasteiger partial charge is 0.378 e. The molecule has 0 atom stereocenters. The molecular weight excluding hydrogens is 216 g/mol. The van der Waals surface area contributed by atoms with E-state index in [1.807, 2.05) is 0 Å². The van der Waals surface area contributed by atoms with E-state index < -0.39 is 0 Å². The molecule has 0 aliphatic heterocycles. The summed E-state index contributed by atoms with van der Waals surface area (Å²) in [5.74, 6) is 1.06. The van der Waals surface area contributed by atoms with E-state index in [1.165, 1.54) is 0 Å². The summed E-state index contributed by atoms with van der Waals surface area (Å²) in [7, 11) is 1.60. The molecule has 15 heavy (non-hydrogen) atoms. The molecule has 0 aliphatic carbocycles. The SMILES string of the molecule is COCc1cc(Cl)nc(-c2ncc[nH]2)n1. The molecule has 2 aromatic heterocycles. The summed E-state index contributed by atoms with van der Waals surface area (Å²) in [6.45, 7) is 0.399. The lowest BCUT2D eigenvalue weighted by atomic mass is 10.4. The molecule has 2 aromatic rings. The Morgan fingerprint density at radius 1 is 1.47 bits per heavy atom. The predicted octanol–water partition coefficient (Wildman–Crippen LogP) is 1.67. The van der Waals surface area contributed by atoms with Crippen LogP contribution in [0.1, 0.15) is 5.69 Å². The smallest absolute Gasteiger partial charge is 0.197 e. The number of aromatic amines is 1. The van der Waals surface area contributed by atoms with Crippen LogP contribution in [0.25, 0.3) is 11.6 Å². The summed E-state index contributed by atoms with van der Waals surface area (Å²) in [6, 6.07) is 1.66. The lowest BCUT2D eigenvalue weighted by Gasteiger charge is -2.01. The first-order valence-electron chi connectivity index (χ1n) is 4.32. The normalized spacial score (nSPS) is 10.5. The van der Waals surface area contributed by atoms with Gasteiger partial charge in [0.25, 0.3) is 0 Å². The van der Waals surface area contributed by atoms with E-state index in [-0.39, 0.29) is 0 Å². The molecule has 0 bridgehead atoms. The third-order valence-electron chi connectivity index (χ3n) is 1.75. The second kappa shape index (κ2) is 4.37. The van der Waals surface area contributed by atoms with Crippen molar-refractivity contribution in [3.8, 4) is 11.6 Å². The number of imidazole rings is 1. The zero-order valence-electron chi connectivity index (χ0n) is 8.07. The quantitative estimate of drug-likeness (QED) is 0.806. The Hall–Kier alpha value is -1.46. The van der Waals surface area contributed by atoms with Gasteiger partial charge in [0.2, 0.25) is 0 Å². The average Bonchev–Trinajstić information content (AvgIpc) is 2.70. The fourth-order valence-electron chi connectivity index (χ4n) is 1.18. The Morgan fingerprint density at radius 3 is 3.00 bits per heavy atom. The highest BCUT2D eigenvalue weighted by Crippen LogP contribution is 2.14. The molecule has 0 amide bonds. The second-order valence-electron chi connectivity index (χ2n) is 2.88. The monoisotopic (exact) mass is 224 g/mol. The molecule has 1 N–H and O–H groups in total. The number of nitrogens with zero attached hydrogens (tertiary/aromatic N) is 3. The summed E-state index contributed by atoms with van der Waals surface area (Å²) in [5, 5.41) is 0.378. The van der Waals surface area contributed by atoms with Crippen LogP contribution in [-0.2, 0) is 11.3 Å². The molecule has 0 saturated heterocycles. The first kappa shape index (κ1) is 10.1. The van der Waals surface area contributed by atoms with E-state index in [9.17, 15) is 0 Å². The summed E-state index contributed by atoms with van der Waals surface area (Å²) in [5.41, 5.74) is 0.726. The van der Waals surface area contributed by atoms with Gasteiger partial charge in [-0.25, -0.2) is 15.0 Å². The summed E-state index contributed by atoms with van der Waals surface area (Å²) in [4.78, 5) is 15.3. The van der Waals surface area contributed by atoms with Gasteiger partial charge < -0.3 is 9.72 Å². The van der Waals surface area contributed by atoms with Crippen LogP contribution < -0.4 is 0 Å².